The molecule has 2 fully saturated rings. The Bertz CT molecular complexity index is 951. The van der Waals surface area contributed by atoms with Crippen molar-refractivity contribution < 1.29 is 4.74 Å². The van der Waals surface area contributed by atoms with Crippen LogP contribution in [0.25, 0.3) is 11.2 Å². The van der Waals surface area contributed by atoms with Gasteiger partial charge in [-0.15, -0.1) is 0 Å². The van der Waals surface area contributed by atoms with Crippen LogP contribution in [0.1, 0.15) is 36.8 Å². The largest absolute Gasteiger partial charge is 0.404 e. The summed E-state index contributed by atoms with van der Waals surface area (Å²) in [6.07, 6.45) is 5.63. The van der Waals surface area contributed by atoms with Gasteiger partial charge in [0.15, 0.2) is 5.65 Å². The monoisotopic (exact) mass is 381 g/mol. The molecule has 0 spiro atoms. The number of aliphatic imine (C=N–C) groups is 1. The van der Waals surface area contributed by atoms with Crippen LogP contribution in [0.4, 0.5) is 5.95 Å². The fraction of sp³-hybridized carbons (Fsp3) is 0.550. The molecule has 4 rings (SSSR count). The van der Waals surface area contributed by atoms with E-state index in [1.807, 2.05) is 33.9 Å². The quantitative estimate of drug-likeness (QED) is 0.808. The van der Waals surface area contributed by atoms with Crippen molar-refractivity contribution in [2.45, 2.75) is 58.8 Å². The summed E-state index contributed by atoms with van der Waals surface area (Å²) >= 11 is 0. The summed E-state index contributed by atoms with van der Waals surface area (Å²) in [4.78, 5) is 25.3. The van der Waals surface area contributed by atoms with Crippen LogP contribution in [0.5, 0.6) is 0 Å². The fourth-order valence-corrected chi connectivity index (χ4v) is 3.32. The van der Waals surface area contributed by atoms with Crippen LogP contribution in [0.3, 0.4) is 0 Å². The van der Waals surface area contributed by atoms with Crippen molar-refractivity contribution in [1.82, 2.24) is 19.9 Å². The van der Waals surface area contributed by atoms with Crippen molar-refractivity contribution in [2.24, 2.45) is 10.7 Å². The molecular weight excluding hydrogens is 354 g/mol. The number of ether oxygens (including phenoxy) is 1. The first-order chi connectivity index (χ1) is 13.4. The Hall–Kier alpha value is -2.61. The molecule has 2 aliphatic rings. The number of nitrogens with zero attached hydrogens (tertiary/aromatic N) is 6. The van der Waals surface area contributed by atoms with Gasteiger partial charge in [0.2, 0.25) is 5.95 Å². The zero-order valence-corrected chi connectivity index (χ0v) is 16.9. The topological polar surface area (TPSA) is 102 Å². The molecule has 1 aliphatic heterocycles. The molecule has 148 valence electrons. The van der Waals surface area contributed by atoms with Crippen molar-refractivity contribution in [3.05, 3.63) is 28.9 Å². The van der Waals surface area contributed by atoms with E-state index in [4.69, 9.17) is 20.4 Å². The van der Waals surface area contributed by atoms with Gasteiger partial charge in [-0.2, -0.15) is 4.98 Å². The molecule has 0 aromatic carbocycles. The molecular formula is C20H27N7O. The predicted molar refractivity (Wildman–Crippen MR) is 110 cm³/mol. The van der Waals surface area contributed by atoms with Crippen LogP contribution in [0.15, 0.2) is 16.8 Å². The number of aryl methyl sites for hydroxylation is 3. The maximum Gasteiger partial charge on any atom is 0.227 e. The third-order valence-electron chi connectivity index (χ3n) is 5.19. The third kappa shape index (κ3) is 3.82. The van der Waals surface area contributed by atoms with Crippen molar-refractivity contribution in [3.8, 4) is 0 Å². The number of morpholine rings is 1. The van der Waals surface area contributed by atoms with Gasteiger partial charge in [0.1, 0.15) is 11.6 Å². The molecule has 2 atom stereocenters. The zero-order chi connectivity index (χ0) is 19.8. The Morgan fingerprint density at radius 2 is 1.82 bits per heavy atom. The lowest BCUT2D eigenvalue weighted by atomic mass is 10.1. The van der Waals surface area contributed by atoms with Gasteiger partial charge >= 0.3 is 0 Å². The van der Waals surface area contributed by atoms with Gasteiger partial charge in [0.25, 0.3) is 0 Å². The lowest BCUT2D eigenvalue weighted by molar-refractivity contribution is 0.00665. The smallest absolute Gasteiger partial charge is 0.227 e. The third-order valence-corrected chi connectivity index (χ3v) is 5.19. The number of aromatic nitrogens is 4. The summed E-state index contributed by atoms with van der Waals surface area (Å²) in [5.74, 6) is 0.651. The average Bonchev–Trinajstić information content (AvgIpc) is 3.48. The highest BCUT2D eigenvalue weighted by molar-refractivity contribution is 5.80. The van der Waals surface area contributed by atoms with E-state index >= 15 is 0 Å². The number of hydrogen-bond donors (Lipinski definition) is 1. The molecule has 0 bridgehead atoms. The van der Waals surface area contributed by atoms with Gasteiger partial charge in [-0.3, -0.25) is 4.99 Å². The second kappa shape index (κ2) is 7.43. The van der Waals surface area contributed by atoms with E-state index in [0.717, 1.165) is 41.0 Å². The van der Waals surface area contributed by atoms with Crippen molar-refractivity contribution in [3.63, 3.8) is 0 Å². The molecule has 8 nitrogen and oxygen atoms in total. The van der Waals surface area contributed by atoms with Crippen LogP contribution < -0.4 is 10.6 Å². The minimum Gasteiger partial charge on any atom is -0.404 e. The first-order valence-corrected chi connectivity index (χ1v) is 9.79. The highest BCUT2D eigenvalue weighted by atomic mass is 16.5. The molecule has 1 saturated heterocycles. The van der Waals surface area contributed by atoms with E-state index in [2.05, 4.69) is 19.9 Å². The van der Waals surface area contributed by atoms with Crippen molar-refractivity contribution in [1.29, 1.82) is 0 Å². The summed E-state index contributed by atoms with van der Waals surface area (Å²) in [6.45, 7) is 9.22. The van der Waals surface area contributed by atoms with Gasteiger partial charge in [0.05, 0.1) is 35.8 Å². The summed E-state index contributed by atoms with van der Waals surface area (Å²) in [6, 6.07) is 0.448. The lowest BCUT2D eigenvalue weighted by Gasteiger charge is -2.37. The Morgan fingerprint density at radius 1 is 1.07 bits per heavy atom. The predicted octanol–water partition coefficient (Wildman–Crippen LogP) is 2.01. The standard InChI is InChI=1S/C20H27N7O/c1-11-9-27(10-17(28-11)15(7-21)8-22-16-5-6-16)20-25-14(4)18-19(26-20)24-13(3)12(2)23-18/h7-8,11,16-17H,5-6,9-10,21H2,1-4H3/b15-7+,22-8?/t11-,17+/m0/s1. The lowest BCUT2D eigenvalue weighted by Crippen LogP contribution is -2.48. The van der Waals surface area contributed by atoms with E-state index in [0.29, 0.717) is 30.7 Å². The molecule has 2 aromatic rings. The maximum absolute atomic E-state index is 6.13. The average molecular weight is 381 g/mol. The summed E-state index contributed by atoms with van der Waals surface area (Å²) < 4.78 is 6.13. The van der Waals surface area contributed by atoms with Gasteiger partial charge in [-0.05, 0) is 40.5 Å². The maximum atomic E-state index is 6.13. The normalized spacial score (nSPS) is 23.7. The van der Waals surface area contributed by atoms with Gasteiger partial charge in [0, 0.05) is 24.5 Å². The van der Waals surface area contributed by atoms with Crippen LogP contribution in [0.2, 0.25) is 0 Å². The van der Waals surface area contributed by atoms with E-state index in [9.17, 15) is 0 Å². The van der Waals surface area contributed by atoms with E-state index in [1.54, 1.807) is 6.20 Å². The Balaban J connectivity index is 1.63. The van der Waals surface area contributed by atoms with Gasteiger partial charge in [-0.25, -0.2) is 15.0 Å². The molecule has 28 heavy (non-hydrogen) atoms. The molecule has 0 unspecified atom stereocenters. The summed E-state index contributed by atoms with van der Waals surface area (Å²) in [5, 5.41) is 0. The molecule has 0 amide bonds. The zero-order valence-electron chi connectivity index (χ0n) is 16.9. The number of rotatable bonds is 4. The van der Waals surface area contributed by atoms with Crippen LogP contribution in [-0.2, 0) is 4.74 Å². The first kappa shape index (κ1) is 18.7. The van der Waals surface area contributed by atoms with Crippen LogP contribution >= 0.6 is 0 Å². The van der Waals surface area contributed by atoms with Crippen LogP contribution in [0, 0.1) is 20.8 Å². The van der Waals surface area contributed by atoms with E-state index < -0.39 is 0 Å². The second-order valence-electron chi connectivity index (χ2n) is 7.69. The minimum absolute atomic E-state index is 0.0217. The Kier molecular flexibility index (Phi) is 4.97. The SMILES string of the molecule is Cc1nc2nc(N3C[C@H](C)O[C@@H](/C(C=NC4CC4)=C/N)C3)nc(C)c2nc1C. The minimum atomic E-state index is -0.165. The number of hydrogen-bond acceptors (Lipinski definition) is 8. The van der Waals surface area contributed by atoms with Crippen molar-refractivity contribution >= 4 is 23.3 Å². The number of anilines is 1. The summed E-state index contributed by atoms with van der Waals surface area (Å²) in [5.41, 5.74) is 10.8. The molecule has 3 heterocycles. The molecule has 8 heteroatoms. The first-order valence-electron chi connectivity index (χ1n) is 9.79. The molecule has 2 aromatic heterocycles. The van der Waals surface area contributed by atoms with E-state index in [1.165, 1.54) is 0 Å². The second-order valence-corrected chi connectivity index (χ2v) is 7.69. The highest BCUT2D eigenvalue weighted by Gasteiger charge is 2.30. The molecule has 1 saturated carbocycles. The van der Waals surface area contributed by atoms with Crippen molar-refractivity contribution in [2.75, 3.05) is 18.0 Å². The fourth-order valence-electron chi connectivity index (χ4n) is 3.32. The molecule has 1 aliphatic carbocycles. The van der Waals surface area contributed by atoms with Gasteiger partial charge in [-0.1, -0.05) is 0 Å². The molecule has 0 radical (unpaired) electrons. The number of fused-ring (bicyclic) bond motifs is 1. The molecule has 2 N–H and O–H groups in total. The highest BCUT2D eigenvalue weighted by Crippen LogP contribution is 2.25. The van der Waals surface area contributed by atoms with Crippen LogP contribution in [-0.4, -0.2) is 57.5 Å². The summed E-state index contributed by atoms with van der Waals surface area (Å²) in [7, 11) is 0. The number of nitrogens with two attached hydrogens (primary N) is 1. The van der Waals surface area contributed by atoms with E-state index in [-0.39, 0.29) is 12.2 Å². The Labute approximate surface area is 165 Å². The van der Waals surface area contributed by atoms with Gasteiger partial charge < -0.3 is 15.4 Å². The Morgan fingerprint density at radius 3 is 2.54 bits per heavy atom.